The van der Waals surface area contributed by atoms with E-state index in [-0.39, 0.29) is 5.91 Å². The first-order valence-electron chi connectivity index (χ1n) is 8.09. The molecule has 2 aliphatic rings. The van der Waals surface area contributed by atoms with E-state index in [1.807, 2.05) is 4.90 Å². The summed E-state index contributed by atoms with van der Waals surface area (Å²) in [6, 6.07) is 0. The van der Waals surface area contributed by atoms with Crippen molar-refractivity contribution < 1.29 is 4.79 Å². The van der Waals surface area contributed by atoms with Crippen molar-refractivity contribution in [2.45, 2.75) is 51.9 Å². The number of hydrogen-bond donors (Lipinski definition) is 1. The van der Waals surface area contributed by atoms with Gasteiger partial charge in [-0.1, -0.05) is 31.1 Å². The summed E-state index contributed by atoms with van der Waals surface area (Å²) in [5.41, 5.74) is 0.547. The topological polar surface area (TPSA) is 58.1 Å². The lowest BCUT2D eigenvalue weighted by molar-refractivity contribution is 0.0586. The smallest absolute Gasteiger partial charge is 0.284 e. The van der Waals surface area contributed by atoms with E-state index in [1.54, 1.807) is 0 Å². The first kappa shape index (κ1) is 14.8. The minimum Gasteiger partial charge on any atom is -0.360 e. The molecule has 1 N–H and O–H groups in total. The Morgan fingerprint density at radius 2 is 1.95 bits per heavy atom. The second-order valence-electron chi connectivity index (χ2n) is 6.34. The van der Waals surface area contributed by atoms with Crippen LogP contribution in [-0.2, 0) is 0 Å². The van der Waals surface area contributed by atoms with Crippen molar-refractivity contribution in [1.29, 1.82) is 0 Å². The van der Waals surface area contributed by atoms with Crippen molar-refractivity contribution in [3.63, 3.8) is 0 Å². The summed E-state index contributed by atoms with van der Waals surface area (Å²) >= 11 is 1.37. The molecular weight excluding hydrogens is 284 g/mol. The molecule has 3 rings (SSSR count). The summed E-state index contributed by atoms with van der Waals surface area (Å²) in [6.45, 7) is 4.74. The van der Waals surface area contributed by atoms with E-state index in [0.717, 1.165) is 31.2 Å². The number of hydrogen-bond acceptors (Lipinski definition) is 5. The molecule has 1 aromatic rings. The van der Waals surface area contributed by atoms with E-state index in [4.69, 9.17) is 0 Å². The fraction of sp³-hybridized carbons (Fsp3) is 0.800. The Morgan fingerprint density at radius 3 is 2.62 bits per heavy atom. The van der Waals surface area contributed by atoms with Crippen LogP contribution in [0.1, 0.15) is 61.7 Å². The van der Waals surface area contributed by atoms with E-state index >= 15 is 0 Å². The fourth-order valence-corrected chi connectivity index (χ4v) is 4.29. The Bertz CT molecular complexity index is 486. The molecule has 21 heavy (non-hydrogen) atoms. The number of carbonyl (C=O) groups is 1. The molecule has 1 saturated heterocycles. The number of rotatable bonds is 4. The van der Waals surface area contributed by atoms with Gasteiger partial charge in [-0.05, 0) is 37.5 Å². The van der Waals surface area contributed by atoms with Gasteiger partial charge >= 0.3 is 0 Å². The largest absolute Gasteiger partial charge is 0.360 e. The minimum absolute atomic E-state index is 0.0601. The molecule has 1 aliphatic carbocycles. The Morgan fingerprint density at radius 1 is 1.24 bits per heavy atom. The van der Waals surface area contributed by atoms with Gasteiger partial charge in [-0.15, -0.1) is 10.2 Å². The number of piperidine rings is 1. The van der Waals surface area contributed by atoms with E-state index < -0.39 is 0 Å². The van der Waals surface area contributed by atoms with Gasteiger partial charge in [-0.25, -0.2) is 0 Å². The summed E-state index contributed by atoms with van der Waals surface area (Å²) in [4.78, 5) is 14.5. The zero-order valence-electron chi connectivity index (χ0n) is 12.7. The number of amides is 1. The van der Waals surface area contributed by atoms with Crippen LogP contribution in [0, 0.1) is 5.41 Å². The Kier molecular flexibility index (Phi) is 4.42. The maximum atomic E-state index is 12.5. The van der Waals surface area contributed by atoms with Gasteiger partial charge in [0.2, 0.25) is 10.1 Å². The number of nitrogens with one attached hydrogen (secondary N) is 1. The van der Waals surface area contributed by atoms with Gasteiger partial charge in [0, 0.05) is 19.6 Å². The molecule has 1 saturated carbocycles. The molecule has 6 heteroatoms. The normalized spacial score (nSPS) is 20.9. The average Bonchev–Trinajstić information content (AvgIpc) is 3.15. The van der Waals surface area contributed by atoms with E-state index in [9.17, 15) is 4.79 Å². The molecule has 0 aromatic carbocycles. The van der Waals surface area contributed by atoms with Crippen LogP contribution < -0.4 is 5.32 Å². The fourth-order valence-electron chi connectivity index (χ4n) is 3.56. The Balaban J connectivity index is 1.57. The lowest BCUT2D eigenvalue weighted by Crippen LogP contribution is -2.42. The SMILES string of the molecule is CCCNc1nnc(C(=O)N2CCC3(CCCC3)CC2)s1. The second kappa shape index (κ2) is 6.30. The molecule has 0 atom stereocenters. The molecule has 2 fully saturated rings. The number of carbonyl (C=O) groups excluding carboxylic acids is 1. The van der Waals surface area contributed by atoms with Crippen molar-refractivity contribution in [3.8, 4) is 0 Å². The predicted molar refractivity (Wildman–Crippen MR) is 84.7 cm³/mol. The summed E-state index contributed by atoms with van der Waals surface area (Å²) in [5.74, 6) is 0.0601. The highest BCUT2D eigenvalue weighted by molar-refractivity contribution is 7.17. The summed E-state index contributed by atoms with van der Waals surface area (Å²) in [7, 11) is 0. The number of aromatic nitrogens is 2. The van der Waals surface area contributed by atoms with Gasteiger partial charge in [0.25, 0.3) is 5.91 Å². The van der Waals surface area contributed by atoms with E-state index in [2.05, 4.69) is 22.4 Å². The van der Waals surface area contributed by atoms with Gasteiger partial charge in [0.1, 0.15) is 0 Å². The van der Waals surface area contributed by atoms with Gasteiger partial charge in [-0.3, -0.25) is 4.79 Å². The third kappa shape index (κ3) is 3.20. The third-order valence-electron chi connectivity index (χ3n) is 4.91. The number of nitrogens with zero attached hydrogens (tertiary/aromatic N) is 3. The lowest BCUT2D eigenvalue weighted by Gasteiger charge is -2.39. The van der Waals surface area contributed by atoms with Crippen molar-refractivity contribution in [3.05, 3.63) is 5.01 Å². The van der Waals surface area contributed by atoms with Crippen LogP contribution in [0.2, 0.25) is 0 Å². The zero-order chi connectivity index (χ0) is 14.7. The average molecular weight is 308 g/mol. The summed E-state index contributed by atoms with van der Waals surface area (Å²) in [6.07, 6.45) is 8.83. The maximum absolute atomic E-state index is 12.5. The summed E-state index contributed by atoms with van der Waals surface area (Å²) < 4.78 is 0. The second-order valence-corrected chi connectivity index (χ2v) is 7.32. The standard InChI is InChI=1S/C15H24N4OS/c1-2-9-16-14-18-17-12(21-14)13(20)19-10-7-15(8-11-19)5-3-4-6-15/h2-11H2,1H3,(H,16,18). The van der Waals surface area contributed by atoms with Crippen molar-refractivity contribution >= 4 is 22.4 Å². The quantitative estimate of drug-likeness (QED) is 0.928. The van der Waals surface area contributed by atoms with Crippen LogP contribution in [0.15, 0.2) is 0 Å². The van der Waals surface area contributed by atoms with Crippen LogP contribution in [0.4, 0.5) is 5.13 Å². The summed E-state index contributed by atoms with van der Waals surface area (Å²) in [5, 5.41) is 12.6. The Labute approximate surface area is 130 Å². The number of likely N-dealkylation sites (tertiary alicyclic amines) is 1. The van der Waals surface area contributed by atoms with Crippen LogP contribution in [-0.4, -0.2) is 40.6 Å². The first-order valence-corrected chi connectivity index (χ1v) is 8.91. The van der Waals surface area contributed by atoms with Crippen LogP contribution in [0.3, 0.4) is 0 Å². The van der Waals surface area contributed by atoms with Gasteiger partial charge < -0.3 is 10.2 Å². The Hall–Kier alpha value is -1.17. The minimum atomic E-state index is 0.0601. The molecule has 116 valence electrons. The van der Waals surface area contributed by atoms with E-state index in [1.165, 1.54) is 49.9 Å². The van der Waals surface area contributed by atoms with Gasteiger partial charge in [-0.2, -0.15) is 0 Å². The van der Waals surface area contributed by atoms with Crippen LogP contribution >= 0.6 is 11.3 Å². The van der Waals surface area contributed by atoms with Crippen molar-refractivity contribution in [2.24, 2.45) is 5.41 Å². The van der Waals surface area contributed by atoms with Gasteiger partial charge in [0.05, 0.1) is 0 Å². The van der Waals surface area contributed by atoms with E-state index in [0.29, 0.717) is 10.4 Å². The molecule has 0 radical (unpaired) electrons. The molecule has 1 amide bonds. The highest BCUT2D eigenvalue weighted by Gasteiger charge is 2.38. The van der Waals surface area contributed by atoms with Gasteiger partial charge in [0.15, 0.2) is 0 Å². The van der Waals surface area contributed by atoms with Crippen LogP contribution in [0.5, 0.6) is 0 Å². The zero-order valence-corrected chi connectivity index (χ0v) is 13.5. The van der Waals surface area contributed by atoms with Crippen LogP contribution in [0.25, 0.3) is 0 Å². The molecule has 1 spiro atoms. The maximum Gasteiger partial charge on any atom is 0.284 e. The monoisotopic (exact) mass is 308 g/mol. The molecular formula is C15H24N4OS. The molecule has 0 bridgehead atoms. The van der Waals surface area contributed by atoms with Crippen molar-refractivity contribution in [2.75, 3.05) is 25.0 Å². The molecule has 2 heterocycles. The molecule has 1 aromatic heterocycles. The lowest BCUT2D eigenvalue weighted by atomic mass is 9.77. The highest BCUT2D eigenvalue weighted by Crippen LogP contribution is 2.46. The number of anilines is 1. The molecule has 1 aliphatic heterocycles. The highest BCUT2D eigenvalue weighted by atomic mass is 32.1. The third-order valence-corrected chi connectivity index (χ3v) is 5.78. The predicted octanol–water partition coefficient (Wildman–Crippen LogP) is 3.16. The van der Waals surface area contributed by atoms with Crippen molar-refractivity contribution in [1.82, 2.24) is 15.1 Å². The first-order chi connectivity index (χ1) is 10.2. The molecule has 5 nitrogen and oxygen atoms in total. The molecule has 0 unspecified atom stereocenters.